The van der Waals surface area contributed by atoms with Gasteiger partial charge in [0.05, 0.1) is 4.92 Å². The molecule has 1 fully saturated rings. The van der Waals surface area contributed by atoms with Gasteiger partial charge in [-0.25, -0.2) is 0 Å². The molecule has 104 valence electrons. The predicted molar refractivity (Wildman–Crippen MR) is 75.8 cm³/mol. The van der Waals surface area contributed by atoms with Gasteiger partial charge >= 0.3 is 0 Å². The lowest BCUT2D eigenvalue weighted by molar-refractivity contribution is -0.384. The van der Waals surface area contributed by atoms with E-state index in [1.54, 1.807) is 6.07 Å². The number of nitro benzene ring substituents is 1. The molecule has 2 rings (SSSR count). The molecule has 0 radical (unpaired) electrons. The molecule has 0 saturated carbocycles. The van der Waals surface area contributed by atoms with E-state index in [4.69, 9.17) is 5.73 Å². The third-order valence-electron chi connectivity index (χ3n) is 3.83. The van der Waals surface area contributed by atoms with Crippen LogP contribution in [0.1, 0.15) is 31.7 Å². The molecule has 2 N–H and O–H groups in total. The van der Waals surface area contributed by atoms with Crippen molar-refractivity contribution in [1.82, 2.24) is 4.90 Å². The summed E-state index contributed by atoms with van der Waals surface area (Å²) in [5, 5.41) is 10.9. The number of nitrogen functional groups attached to an aromatic ring is 1. The number of para-hydroxylation sites is 1. The molecule has 0 bridgehead atoms. The van der Waals surface area contributed by atoms with Crippen molar-refractivity contribution in [1.29, 1.82) is 0 Å². The minimum absolute atomic E-state index is 0.0156. The molecule has 0 spiro atoms. The summed E-state index contributed by atoms with van der Waals surface area (Å²) in [4.78, 5) is 12.8. The number of likely N-dealkylation sites (tertiary alicyclic amines) is 1. The van der Waals surface area contributed by atoms with Crippen LogP contribution in [-0.2, 0) is 6.54 Å². The van der Waals surface area contributed by atoms with Gasteiger partial charge in [0, 0.05) is 19.2 Å². The minimum atomic E-state index is -0.414. The summed E-state index contributed by atoms with van der Waals surface area (Å²) in [5.74, 6) is 0.768. The van der Waals surface area contributed by atoms with Crippen molar-refractivity contribution in [3.63, 3.8) is 0 Å². The summed E-state index contributed by atoms with van der Waals surface area (Å²) in [6.07, 6.45) is 3.71. The first-order chi connectivity index (χ1) is 9.11. The normalized spacial score (nSPS) is 19.7. The van der Waals surface area contributed by atoms with E-state index in [1.165, 1.54) is 25.3 Å². The monoisotopic (exact) mass is 263 g/mol. The predicted octanol–water partition coefficient (Wildman–Crippen LogP) is 2.80. The maximum atomic E-state index is 10.9. The van der Waals surface area contributed by atoms with Crippen molar-refractivity contribution in [2.75, 3.05) is 18.8 Å². The van der Waals surface area contributed by atoms with Crippen molar-refractivity contribution >= 4 is 11.4 Å². The zero-order valence-electron chi connectivity index (χ0n) is 11.3. The first-order valence-electron chi connectivity index (χ1n) is 6.86. The van der Waals surface area contributed by atoms with E-state index in [-0.39, 0.29) is 5.69 Å². The van der Waals surface area contributed by atoms with E-state index >= 15 is 0 Å². The summed E-state index contributed by atoms with van der Waals surface area (Å²) in [6, 6.07) is 5.06. The van der Waals surface area contributed by atoms with Crippen LogP contribution >= 0.6 is 0 Å². The van der Waals surface area contributed by atoms with Crippen molar-refractivity contribution in [3.05, 3.63) is 33.9 Å². The molecule has 1 aliphatic heterocycles. The lowest BCUT2D eigenvalue weighted by atomic mass is 10.0. The van der Waals surface area contributed by atoms with Crippen LogP contribution in [0.15, 0.2) is 18.2 Å². The molecule has 5 nitrogen and oxygen atoms in total. The molecular formula is C14H21N3O2. The van der Waals surface area contributed by atoms with E-state index in [0.717, 1.165) is 24.6 Å². The van der Waals surface area contributed by atoms with E-state index in [1.807, 2.05) is 6.07 Å². The number of benzene rings is 1. The number of hydrogen-bond acceptors (Lipinski definition) is 4. The fourth-order valence-corrected chi connectivity index (χ4v) is 2.84. The van der Waals surface area contributed by atoms with Crippen molar-refractivity contribution in [3.8, 4) is 0 Å². The summed E-state index contributed by atoms with van der Waals surface area (Å²) in [7, 11) is 0. The molecule has 1 unspecified atom stereocenters. The van der Waals surface area contributed by atoms with Crippen LogP contribution in [0.3, 0.4) is 0 Å². The van der Waals surface area contributed by atoms with Gasteiger partial charge in [-0.15, -0.1) is 0 Å². The quantitative estimate of drug-likeness (QED) is 0.503. The first kappa shape index (κ1) is 13.8. The SMILES string of the molecule is CCCC1CCN(Cc2cccc([N+](=O)[O-])c2N)C1. The lowest BCUT2D eigenvalue weighted by Gasteiger charge is -2.17. The molecule has 1 aliphatic rings. The zero-order valence-corrected chi connectivity index (χ0v) is 11.3. The number of nitrogens with two attached hydrogens (primary N) is 1. The second-order valence-corrected chi connectivity index (χ2v) is 5.29. The topological polar surface area (TPSA) is 72.4 Å². The Balaban J connectivity index is 2.04. The maximum absolute atomic E-state index is 10.9. The fourth-order valence-electron chi connectivity index (χ4n) is 2.84. The van der Waals surface area contributed by atoms with Crippen molar-refractivity contribution < 1.29 is 4.92 Å². The van der Waals surface area contributed by atoms with Gasteiger partial charge in [-0.05, 0) is 30.9 Å². The lowest BCUT2D eigenvalue weighted by Crippen LogP contribution is -2.21. The summed E-state index contributed by atoms with van der Waals surface area (Å²) in [5.41, 5.74) is 7.08. The van der Waals surface area contributed by atoms with Gasteiger partial charge in [-0.1, -0.05) is 25.5 Å². The van der Waals surface area contributed by atoms with E-state index < -0.39 is 4.92 Å². The number of rotatable bonds is 5. The first-order valence-corrected chi connectivity index (χ1v) is 6.86. The van der Waals surface area contributed by atoms with Gasteiger partial charge in [0.15, 0.2) is 0 Å². The third-order valence-corrected chi connectivity index (χ3v) is 3.83. The number of nitro groups is 1. The van der Waals surface area contributed by atoms with Crippen molar-refractivity contribution in [2.24, 2.45) is 5.92 Å². The van der Waals surface area contributed by atoms with Crippen LogP contribution in [0.25, 0.3) is 0 Å². The van der Waals surface area contributed by atoms with Gasteiger partial charge in [0.25, 0.3) is 5.69 Å². The van der Waals surface area contributed by atoms with Crippen LogP contribution in [0.5, 0.6) is 0 Å². The Morgan fingerprint density at radius 3 is 3.00 bits per heavy atom. The highest BCUT2D eigenvalue weighted by molar-refractivity contribution is 5.62. The van der Waals surface area contributed by atoms with Crippen molar-refractivity contribution in [2.45, 2.75) is 32.7 Å². The molecule has 5 heteroatoms. The van der Waals surface area contributed by atoms with Gasteiger partial charge in [-0.3, -0.25) is 15.0 Å². The molecule has 1 atom stereocenters. The van der Waals surface area contributed by atoms with E-state index in [2.05, 4.69) is 11.8 Å². The second-order valence-electron chi connectivity index (χ2n) is 5.29. The van der Waals surface area contributed by atoms with E-state index in [0.29, 0.717) is 12.2 Å². The molecular weight excluding hydrogens is 242 g/mol. The van der Waals surface area contributed by atoms with Crippen LogP contribution in [0.4, 0.5) is 11.4 Å². The van der Waals surface area contributed by atoms with Crippen LogP contribution in [-0.4, -0.2) is 22.9 Å². The molecule has 1 saturated heterocycles. The summed E-state index contributed by atoms with van der Waals surface area (Å²) < 4.78 is 0. The van der Waals surface area contributed by atoms with Gasteiger partial charge in [0.1, 0.15) is 5.69 Å². The molecule has 0 aromatic heterocycles. The Morgan fingerprint density at radius 2 is 2.32 bits per heavy atom. The van der Waals surface area contributed by atoms with Crippen LogP contribution in [0, 0.1) is 16.0 Å². The molecule has 19 heavy (non-hydrogen) atoms. The molecule has 0 aliphatic carbocycles. The molecule has 0 amide bonds. The largest absolute Gasteiger partial charge is 0.393 e. The van der Waals surface area contributed by atoms with Gasteiger partial charge in [-0.2, -0.15) is 0 Å². The Hall–Kier alpha value is -1.62. The van der Waals surface area contributed by atoms with Crippen LogP contribution in [0.2, 0.25) is 0 Å². The Morgan fingerprint density at radius 1 is 1.53 bits per heavy atom. The highest BCUT2D eigenvalue weighted by Crippen LogP contribution is 2.28. The highest BCUT2D eigenvalue weighted by atomic mass is 16.6. The zero-order chi connectivity index (χ0) is 13.8. The Labute approximate surface area is 113 Å². The average Bonchev–Trinajstić information content (AvgIpc) is 2.79. The minimum Gasteiger partial charge on any atom is -0.393 e. The smallest absolute Gasteiger partial charge is 0.292 e. The molecule has 1 heterocycles. The maximum Gasteiger partial charge on any atom is 0.292 e. The second kappa shape index (κ2) is 6.02. The third kappa shape index (κ3) is 3.23. The number of nitrogens with zero attached hydrogens (tertiary/aromatic N) is 2. The standard InChI is InChI=1S/C14H21N3O2/c1-2-4-11-7-8-16(9-11)10-12-5-3-6-13(14(12)15)17(18)19/h3,5-6,11H,2,4,7-10,15H2,1H3. The Bertz CT molecular complexity index is 462. The van der Waals surface area contributed by atoms with Crippen LogP contribution < -0.4 is 5.73 Å². The number of hydrogen-bond donors (Lipinski definition) is 1. The number of anilines is 1. The fraction of sp³-hybridized carbons (Fsp3) is 0.571. The van der Waals surface area contributed by atoms with Gasteiger partial charge in [0.2, 0.25) is 0 Å². The average molecular weight is 263 g/mol. The molecule has 1 aromatic carbocycles. The van der Waals surface area contributed by atoms with Gasteiger partial charge < -0.3 is 5.73 Å². The van der Waals surface area contributed by atoms with E-state index in [9.17, 15) is 10.1 Å². The molecule has 1 aromatic rings. The summed E-state index contributed by atoms with van der Waals surface area (Å²) in [6.45, 7) is 5.07. The highest BCUT2D eigenvalue weighted by Gasteiger charge is 2.23. The Kier molecular flexibility index (Phi) is 4.37. The summed E-state index contributed by atoms with van der Waals surface area (Å²) >= 11 is 0.